The fraction of sp³-hybridized carbons (Fsp3) is 0.583. The Morgan fingerprint density at radius 2 is 2.12 bits per heavy atom. The van der Waals surface area contributed by atoms with Gasteiger partial charge in [-0.1, -0.05) is 6.58 Å². The maximum Gasteiger partial charge on any atom is 0.416 e. The molecule has 0 aliphatic heterocycles. The summed E-state index contributed by atoms with van der Waals surface area (Å²) in [6.07, 6.45) is 2.19. The Hall–Kier alpha value is -1.72. The van der Waals surface area contributed by atoms with Crippen LogP contribution in [-0.4, -0.2) is 22.1 Å². The molecule has 1 fully saturated rings. The first-order chi connectivity index (χ1) is 7.34. The molecule has 0 saturated heterocycles. The van der Waals surface area contributed by atoms with Gasteiger partial charge in [-0.05, 0) is 33.6 Å². The largest absolute Gasteiger partial charge is 0.443 e. The Morgan fingerprint density at radius 3 is 2.44 bits per heavy atom. The van der Waals surface area contributed by atoms with E-state index in [4.69, 9.17) is 10.00 Å². The van der Waals surface area contributed by atoms with Gasteiger partial charge in [0.15, 0.2) is 0 Å². The van der Waals surface area contributed by atoms with Crippen LogP contribution in [0.1, 0.15) is 33.6 Å². The van der Waals surface area contributed by atoms with E-state index >= 15 is 0 Å². The molecule has 0 N–H and O–H groups in total. The van der Waals surface area contributed by atoms with Gasteiger partial charge in [-0.15, -0.1) is 5.73 Å². The Labute approximate surface area is 95.8 Å². The second-order valence-corrected chi connectivity index (χ2v) is 4.83. The molecule has 0 aromatic rings. The summed E-state index contributed by atoms with van der Waals surface area (Å²) in [7, 11) is 0. The van der Waals surface area contributed by atoms with E-state index in [1.54, 1.807) is 20.8 Å². The van der Waals surface area contributed by atoms with Gasteiger partial charge in [-0.25, -0.2) is 4.79 Å². The van der Waals surface area contributed by atoms with E-state index in [9.17, 15) is 4.79 Å². The molecule has 1 aliphatic carbocycles. The highest BCUT2D eigenvalue weighted by molar-refractivity contribution is 5.72. The summed E-state index contributed by atoms with van der Waals surface area (Å²) in [5.74, 6) is 0. The molecule has 16 heavy (non-hydrogen) atoms. The van der Waals surface area contributed by atoms with Crippen LogP contribution in [0.15, 0.2) is 18.5 Å². The summed E-state index contributed by atoms with van der Waals surface area (Å²) in [6.45, 7) is 8.77. The number of nitriles is 1. The lowest BCUT2D eigenvalue weighted by Gasteiger charge is -2.27. The van der Waals surface area contributed by atoms with Crippen molar-refractivity contribution in [3.63, 3.8) is 0 Å². The predicted molar refractivity (Wildman–Crippen MR) is 59.4 cm³/mol. The van der Waals surface area contributed by atoms with Gasteiger partial charge in [0.2, 0.25) is 0 Å². The highest BCUT2D eigenvalue weighted by Gasteiger charge is 2.51. The zero-order chi connectivity index (χ0) is 12.4. The van der Waals surface area contributed by atoms with Gasteiger partial charge in [0.1, 0.15) is 11.1 Å². The molecule has 1 saturated carbocycles. The summed E-state index contributed by atoms with van der Waals surface area (Å²) in [5, 5.41) is 9.03. The first-order valence-corrected chi connectivity index (χ1v) is 5.14. The molecule has 0 aromatic heterocycles. The van der Waals surface area contributed by atoms with Crippen LogP contribution in [0.2, 0.25) is 0 Å². The number of nitrogens with zero attached hydrogens (tertiary/aromatic N) is 2. The van der Waals surface area contributed by atoms with Gasteiger partial charge in [0.25, 0.3) is 0 Å². The minimum absolute atomic E-state index is 0.525. The lowest BCUT2D eigenvalue weighted by atomic mass is 10.2. The van der Waals surface area contributed by atoms with Gasteiger partial charge >= 0.3 is 6.09 Å². The molecule has 0 spiro atoms. The second kappa shape index (κ2) is 4.03. The first-order valence-electron chi connectivity index (χ1n) is 5.14. The van der Waals surface area contributed by atoms with Crippen molar-refractivity contribution < 1.29 is 9.53 Å². The van der Waals surface area contributed by atoms with Crippen molar-refractivity contribution in [3.05, 3.63) is 18.5 Å². The first kappa shape index (κ1) is 12.4. The minimum Gasteiger partial charge on any atom is -0.443 e. The molecule has 0 heterocycles. The monoisotopic (exact) mass is 220 g/mol. The van der Waals surface area contributed by atoms with E-state index in [1.807, 2.05) is 0 Å². The molecule has 0 bridgehead atoms. The molecule has 4 heteroatoms. The number of hydrogen-bond acceptors (Lipinski definition) is 3. The number of hydrogen-bond donors (Lipinski definition) is 0. The molecule has 1 aliphatic rings. The van der Waals surface area contributed by atoms with E-state index in [-0.39, 0.29) is 0 Å². The van der Waals surface area contributed by atoms with E-state index in [2.05, 4.69) is 18.4 Å². The summed E-state index contributed by atoms with van der Waals surface area (Å²) < 4.78 is 5.22. The van der Waals surface area contributed by atoms with Crippen molar-refractivity contribution in [1.29, 1.82) is 5.26 Å². The molecular weight excluding hydrogens is 204 g/mol. The quantitative estimate of drug-likeness (QED) is 0.672. The number of amides is 1. The average Bonchev–Trinajstić information content (AvgIpc) is 2.92. The molecule has 0 unspecified atom stereocenters. The standard InChI is InChI=1S/C12H16N2O2/c1-5-8-14(12(9-13)6-7-12)10(15)16-11(2,3)4/h8H,1,6-7H2,2-4H3. The number of carbonyl (C=O) groups is 1. The fourth-order valence-electron chi connectivity index (χ4n) is 1.28. The van der Waals surface area contributed by atoms with Crippen LogP contribution in [0.3, 0.4) is 0 Å². The summed E-state index contributed by atoms with van der Waals surface area (Å²) >= 11 is 0. The SMILES string of the molecule is C=C=CN(C(=O)OC(C)(C)C)C1(C#N)CC1. The summed E-state index contributed by atoms with van der Waals surface area (Å²) in [6, 6.07) is 2.13. The highest BCUT2D eigenvalue weighted by atomic mass is 16.6. The summed E-state index contributed by atoms with van der Waals surface area (Å²) in [4.78, 5) is 13.1. The highest BCUT2D eigenvalue weighted by Crippen LogP contribution is 2.41. The maximum absolute atomic E-state index is 11.8. The van der Waals surface area contributed by atoms with Gasteiger partial charge in [-0.2, -0.15) is 5.26 Å². The van der Waals surface area contributed by atoms with Crippen LogP contribution >= 0.6 is 0 Å². The molecule has 0 radical (unpaired) electrons. The van der Waals surface area contributed by atoms with Crippen molar-refractivity contribution in [1.82, 2.24) is 4.90 Å². The third-order valence-electron chi connectivity index (χ3n) is 2.20. The molecule has 0 aromatic carbocycles. The van der Waals surface area contributed by atoms with E-state index in [0.29, 0.717) is 12.8 Å². The van der Waals surface area contributed by atoms with Crippen LogP contribution in [0.25, 0.3) is 0 Å². The van der Waals surface area contributed by atoms with Gasteiger partial charge < -0.3 is 4.74 Å². The average molecular weight is 220 g/mol. The Kier molecular flexibility index (Phi) is 3.11. The number of ether oxygens (including phenoxy) is 1. The Balaban J connectivity index is 2.84. The van der Waals surface area contributed by atoms with Crippen LogP contribution in [-0.2, 0) is 4.74 Å². The predicted octanol–water partition coefficient (Wildman–Crippen LogP) is 2.58. The number of carbonyl (C=O) groups excluding carboxylic acids is 1. The van der Waals surface area contributed by atoms with Gasteiger partial charge in [-0.3, -0.25) is 4.90 Å². The van der Waals surface area contributed by atoms with Crippen LogP contribution in [0, 0.1) is 11.3 Å². The Morgan fingerprint density at radius 1 is 1.56 bits per heavy atom. The second-order valence-electron chi connectivity index (χ2n) is 4.83. The third-order valence-corrected chi connectivity index (χ3v) is 2.20. The van der Waals surface area contributed by atoms with Gasteiger partial charge in [0, 0.05) is 0 Å². The Bertz CT molecular complexity index is 377. The van der Waals surface area contributed by atoms with Crippen molar-refractivity contribution in [3.8, 4) is 6.07 Å². The zero-order valence-electron chi connectivity index (χ0n) is 9.91. The van der Waals surface area contributed by atoms with E-state index < -0.39 is 17.2 Å². The smallest absolute Gasteiger partial charge is 0.416 e. The van der Waals surface area contributed by atoms with E-state index in [1.165, 1.54) is 11.1 Å². The molecule has 4 nitrogen and oxygen atoms in total. The lowest BCUT2D eigenvalue weighted by Crippen LogP contribution is -2.40. The minimum atomic E-state index is -0.743. The topological polar surface area (TPSA) is 53.3 Å². The van der Waals surface area contributed by atoms with Crippen LogP contribution in [0.4, 0.5) is 4.79 Å². The van der Waals surface area contributed by atoms with E-state index in [0.717, 1.165) is 0 Å². The molecule has 1 rings (SSSR count). The van der Waals surface area contributed by atoms with Crippen molar-refractivity contribution >= 4 is 6.09 Å². The van der Waals surface area contributed by atoms with Crippen LogP contribution in [0.5, 0.6) is 0 Å². The van der Waals surface area contributed by atoms with Crippen LogP contribution < -0.4 is 0 Å². The van der Waals surface area contributed by atoms with Crippen molar-refractivity contribution in [2.24, 2.45) is 0 Å². The molecular formula is C12H16N2O2. The summed E-state index contributed by atoms with van der Waals surface area (Å²) in [5.41, 5.74) is 1.20. The molecule has 1 amide bonds. The fourth-order valence-corrected chi connectivity index (χ4v) is 1.28. The zero-order valence-corrected chi connectivity index (χ0v) is 9.91. The maximum atomic E-state index is 11.8. The third kappa shape index (κ3) is 2.65. The lowest BCUT2D eigenvalue weighted by molar-refractivity contribution is 0.0285. The molecule has 0 atom stereocenters. The van der Waals surface area contributed by atoms with Gasteiger partial charge in [0.05, 0.1) is 12.3 Å². The van der Waals surface area contributed by atoms with Crippen molar-refractivity contribution in [2.45, 2.75) is 44.8 Å². The molecule has 86 valence electrons. The number of rotatable bonds is 2. The normalized spacial score (nSPS) is 16.6. The van der Waals surface area contributed by atoms with Crippen molar-refractivity contribution in [2.75, 3.05) is 0 Å².